The van der Waals surface area contributed by atoms with Gasteiger partial charge in [0, 0.05) is 12.6 Å². The highest BCUT2D eigenvalue weighted by Gasteiger charge is 2.33. The Bertz CT molecular complexity index is 756. The summed E-state index contributed by atoms with van der Waals surface area (Å²) in [5, 5.41) is 6.41. The number of benzene rings is 1. The van der Waals surface area contributed by atoms with E-state index >= 15 is 0 Å². The largest absolute Gasteiger partial charge is 0.468 e. The molecule has 24 heavy (non-hydrogen) atoms. The standard InChI is InChI=1S/C17H19N3O4/c1-11-7-15(19-24-11)18-16(21)10-20-9-13-6-4-3-5-12(13)8-14(20)17(22)23-2/h3-7,14H,8-10H2,1-2H3,(H,18,19,21)/t14-/m0/s1. The zero-order valence-corrected chi connectivity index (χ0v) is 13.6. The van der Waals surface area contributed by atoms with Crippen molar-refractivity contribution in [2.24, 2.45) is 0 Å². The van der Waals surface area contributed by atoms with Crippen molar-refractivity contribution >= 4 is 17.7 Å². The number of carbonyl (C=O) groups excluding carboxylic acids is 2. The van der Waals surface area contributed by atoms with Crippen molar-refractivity contribution in [1.82, 2.24) is 10.1 Å². The summed E-state index contributed by atoms with van der Waals surface area (Å²) in [5.74, 6) is 0.389. The molecule has 7 heteroatoms. The second-order valence-corrected chi connectivity index (χ2v) is 5.79. The van der Waals surface area contributed by atoms with Crippen LogP contribution < -0.4 is 5.32 Å². The molecule has 3 rings (SSSR count). The van der Waals surface area contributed by atoms with E-state index in [1.165, 1.54) is 7.11 Å². The first-order valence-electron chi connectivity index (χ1n) is 7.68. The predicted octanol–water partition coefficient (Wildman–Crippen LogP) is 1.52. The molecule has 2 aromatic rings. The Morgan fingerprint density at radius 2 is 2.12 bits per heavy atom. The van der Waals surface area contributed by atoms with Gasteiger partial charge < -0.3 is 14.6 Å². The summed E-state index contributed by atoms with van der Waals surface area (Å²) in [4.78, 5) is 26.2. The number of hydrogen-bond donors (Lipinski definition) is 1. The third kappa shape index (κ3) is 3.46. The topological polar surface area (TPSA) is 84.7 Å². The smallest absolute Gasteiger partial charge is 0.323 e. The molecule has 1 atom stereocenters. The van der Waals surface area contributed by atoms with Crippen LogP contribution in [0.25, 0.3) is 0 Å². The summed E-state index contributed by atoms with van der Waals surface area (Å²) in [6.45, 7) is 2.33. The molecule has 1 aromatic heterocycles. The van der Waals surface area contributed by atoms with Crippen LogP contribution in [0.5, 0.6) is 0 Å². The van der Waals surface area contributed by atoms with E-state index in [-0.39, 0.29) is 18.4 Å². The predicted molar refractivity (Wildman–Crippen MR) is 86.2 cm³/mol. The molecular formula is C17H19N3O4. The van der Waals surface area contributed by atoms with Crippen LogP contribution in [0.1, 0.15) is 16.9 Å². The van der Waals surface area contributed by atoms with Gasteiger partial charge in [0.1, 0.15) is 11.8 Å². The number of anilines is 1. The number of amides is 1. The van der Waals surface area contributed by atoms with Crippen molar-refractivity contribution < 1.29 is 18.8 Å². The summed E-state index contributed by atoms with van der Waals surface area (Å²) < 4.78 is 9.82. The Labute approximate surface area is 139 Å². The number of nitrogens with one attached hydrogen (secondary N) is 1. The average molecular weight is 329 g/mol. The maximum absolute atomic E-state index is 12.3. The molecule has 0 radical (unpaired) electrons. The van der Waals surface area contributed by atoms with E-state index in [4.69, 9.17) is 9.26 Å². The van der Waals surface area contributed by atoms with Gasteiger partial charge >= 0.3 is 5.97 Å². The highest BCUT2D eigenvalue weighted by atomic mass is 16.5. The zero-order valence-electron chi connectivity index (χ0n) is 13.6. The van der Waals surface area contributed by atoms with Crippen molar-refractivity contribution in [3.8, 4) is 0 Å². The van der Waals surface area contributed by atoms with Crippen LogP contribution in [0, 0.1) is 6.92 Å². The molecule has 7 nitrogen and oxygen atoms in total. The van der Waals surface area contributed by atoms with E-state index in [0.717, 1.165) is 11.1 Å². The van der Waals surface area contributed by atoms with Crippen molar-refractivity contribution in [3.63, 3.8) is 0 Å². The van der Waals surface area contributed by atoms with Gasteiger partial charge in [-0.2, -0.15) is 0 Å². The van der Waals surface area contributed by atoms with Crippen LogP contribution in [-0.2, 0) is 27.3 Å². The molecule has 0 fully saturated rings. The summed E-state index contributed by atoms with van der Waals surface area (Å²) in [6, 6.07) is 9.07. The minimum Gasteiger partial charge on any atom is -0.468 e. The molecule has 0 saturated carbocycles. The van der Waals surface area contributed by atoms with E-state index in [1.54, 1.807) is 13.0 Å². The summed E-state index contributed by atoms with van der Waals surface area (Å²) >= 11 is 0. The molecule has 1 N–H and O–H groups in total. The van der Waals surface area contributed by atoms with Gasteiger partial charge in [0.25, 0.3) is 0 Å². The van der Waals surface area contributed by atoms with Gasteiger partial charge in [-0.3, -0.25) is 14.5 Å². The lowest BCUT2D eigenvalue weighted by molar-refractivity contribution is -0.148. The fourth-order valence-corrected chi connectivity index (χ4v) is 2.90. The quantitative estimate of drug-likeness (QED) is 0.856. The highest BCUT2D eigenvalue weighted by Crippen LogP contribution is 2.24. The second kappa shape index (κ2) is 6.84. The maximum Gasteiger partial charge on any atom is 0.323 e. The number of aryl methyl sites for hydroxylation is 1. The highest BCUT2D eigenvalue weighted by molar-refractivity contribution is 5.91. The number of hydrogen-bond acceptors (Lipinski definition) is 6. The molecular weight excluding hydrogens is 310 g/mol. The third-order valence-corrected chi connectivity index (χ3v) is 4.06. The number of aromatic nitrogens is 1. The Hall–Kier alpha value is -2.67. The molecule has 0 bridgehead atoms. The first kappa shape index (κ1) is 16.2. The van der Waals surface area contributed by atoms with Crippen LogP contribution >= 0.6 is 0 Å². The SMILES string of the molecule is COC(=O)[C@@H]1Cc2ccccc2CN1CC(=O)Nc1cc(C)on1. The maximum atomic E-state index is 12.3. The van der Waals surface area contributed by atoms with Gasteiger partial charge in [-0.25, -0.2) is 0 Å². The van der Waals surface area contributed by atoms with Crippen LogP contribution in [0.2, 0.25) is 0 Å². The van der Waals surface area contributed by atoms with Crippen LogP contribution in [-0.4, -0.2) is 41.6 Å². The van der Waals surface area contributed by atoms with Gasteiger partial charge in [-0.1, -0.05) is 29.4 Å². The van der Waals surface area contributed by atoms with Crippen LogP contribution in [0.15, 0.2) is 34.9 Å². The van der Waals surface area contributed by atoms with E-state index < -0.39 is 6.04 Å². The monoisotopic (exact) mass is 329 g/mol. The lowest BCUT2D eigenvalue weighted by Crippen LogP contribution is -2.49. The molecule has 1 aromatic carbocycles. The number of ether oxygens (including phenoxy) is 1. The molecule has 0 saturated heterocycles. The fraction of sp³-hybridized carbons (Fsp3) is 0.353. The number of methoxy groups -OCH3 is 1. The zero-order chi connectivity index (χ0) is 17.1. The van der Waals surface area contributed by atoms with Crippen molar-refractivity contribution in [2.75, 3.05) is 19.0 Å². The van der Waals surface area contributed by atoms with Crippen LogP contribution in [0.4, 0.5) is 5.82 Å². The van der Waals surface area contributed by atoms with Gasteiger partial charge in [-0.15, -0.1) is 0 Å². The molecule has 1 amide bonds. The molecule has 0 unspecified atom stereocenters. The van der Waals surface area contributed by atoms with E-state index in [0.29, 0.717) is 24.5 Å². The number of nitrogens with zero attached hydrogens (tertiary/aromatic N) is 2. The van der Waals surface area contributed by atoms with E-state index in [1.807, 2.05) is 29.2 Å². The minimum absolute atomic E-state index is 0.0695. The average Bonchev–Trinajstić information content (AvgIpc) is 2.98. The van der Waals surface area contributed by atoms with Gasteiger partial charge in [0.05, 0.1) is 13.7 Å². The Morgan fingerprint density at radius 3 is 2.79 bits per heavy atom. The van der Waals surface area contributed by atoms with E-state index in [2.05, 4.69) is 10.5 Å². The summed E-state index contributed by atoms with van der Waals surface area (Å²) in [7, 11) is 1.36. The van der Waals surface area contributed by atoms with Gasteiger partial charge in [0.15, 0.2) is 5.82 Å². The molecule has 126 valence electrons. The molecule has 1 aliphatic rings. The number of rotatable bonds is 4. The second-order valence-electron chi connectivity index (χ2n) is 5.79. The summed E-state index contributed by atoms with van der Waals surface area (Å²) in [5.41, 5.74) is 2.22. The fourth-order valence-electron chi connectivity index (χ4n) is 2.90. The van der Waals surface area contributed by atoms with Crippen LogP contribution in [0.3, 0.4) is 0 Å². The number of esters is 1. The van der Waals surface area contributed by atoms with Crippen molar-refractivity contribution in [2.45, 2.75) is 25.9 Å². The lowest BCUT2D eigenvalue weighted by atomic mass is 9.94. The molecule has 0 spiro atoms. The first-order chi connectivity index (χ1) is 11.6. The Morgan fingerprint density at radius 1 is 1.38 bits per heavy atom. The lowest BCUT2D eigenvalue weighted by Gasteiger charge is -2.34. The third-order valence-electron chi connectivity index (χ3n) is 4.06. The van der Waals surface area contributed by atoms with Gasteiger partial charge in [-0.05, 0) is 24.5 Å². The van der Waals surface area contributed by atoms with Crippen molar-refractivity contribution in [3.05, 3.63) is 47.2 Å². The molecule has 1 aliphatic heterocycles. The first-order valence-corrected chi connectivity index (χ1v) is 7.68. The Kier molecular flexibility index (Phi) is 4.61. The van der Waals surface area contributed by atoms with Gasteiger partial charge in [0.2, 0.25) is 5.91 Å². The number of fused-ring (bicyclic) bond motifs is 1. The minimum atomic E-state index is -0.477. The number of carbonyl (C=O) groups is 2. The normalized spacial score (nSPS) is 17.2. The molecule has 0 aliphatic carbocycles. The molecule has 2 heterocycles. The Balaban J connectivity index is 1.74. The van der Waals surface area contributed by atoms with E-state index in [9.17, 15) is 9.59 Å². The summed E-state index contributed by atoms with van der Waals surface area (Å²) in [6.07, 6.45) is 0.527. The van der Waals surface area contributed by atoms with Crippen molar-refractivity contribution in [1.29, 1.82) is 0 Å².